The van der Waals surface area contributed by atoms with Gasteiger partial charge in [0.25, 0.3) is 0 Å². The number of aliphatic hydroxyl groups excluding tert-OH is 1. The Morgan fingerprint density at radius 2 is 2.22 bits per heavy atom. The number of thioether (sulfide) groups is 1. The third-order valence-corrected chi connectivity index (χ3v) is 2.50. The molecule has 0 aliphatic heterocycles. The van der Waals surface area contributed by atoms with Gasteiger partial charge in [0.2, 0.25) is 0 Å². The molecule has 0 aromatic carbocycles. The molecule has 0 aromatic rings. The Bertz CT molecular complexity index is 81.0. The van der Waals surface area contributed by atoms with Crippen LogP contribution in [-0.2, 0) is 0 Å². The van der Waals surface area contributed by atoms with Crippen LogP contribution < -0.4 is 0 Å². The molecule has 0 aromatic heterocycles. The minimum absolute atomic E-state index is 0.213. The summed E-state index contributed by atoms with van der Waals surface area (Å²) < 4.78 is 0. The van der Waals surface area contributed by atoms with Gasteiger partial charge in [-0.2, -0.15) is 11.8 Å². The molecule has 0 amide bonds. The summed E-state index contributed by atoms with van der Waals surface area (Å²) in [4.78, 5) is 0. The molecule has 0 spiro atoms. The maximum absolute atomic E-state index is 8.99. The van der Waals surface area contributed by atoms with Gasteiger partial charge in [-0.1, -0.05) is 13.0 Å². The van der Waals surface area contributed by atoms with Crippen molar-refractivity contribution < 1.29 is 5.11 Å². The first-order chi connectivity index (χ1) is 4.18. The van der Waals surface area contributed by atoms with E-state index in [1.54, 1.807) is 18.7 Å². The number of aliphatic hydroxyl groups is 1. The molecule has 0 saturated carbocycles. The van der Waals surface area contributed by atoms with Crippen LogP contribution in [0.3, 0.4) is 0 Å². The predicted octanol–water partition coefficient (Wildman–Crippen LogP) is 1.67. The maximum atomic E-state index is 8.99. The molecule has 2 heteroatoms. The molecule has 9 heavy (non-hydrogen) atoms. The molecule has 54 valence electrons. The molecule has 0 aliphatic rings. The van der Waals surface area contributed by atoms with Crippen LogP contribution in [0.15, 0.2) is 12.7 Å². The van der Waals surface area contributed by atoms with Crippen LogP contribution in [0.25, 0.3) is 0 Å². The molecular weight excluding hydrogens is 132 g/mol. The Balaban J connectivity index is 3.26. The fourth-order valence-corrected chi connectivity index (χ4v) is 1.08. The van der Waals surface area contributed by atoms with Gasteiger partial charge in [0.1, 0.15) is 0 Å². The predicted molar refractivity (Wildman–Crippen MR) is 43.8 cm³/mol. The highest BCUT2D eigenvalue weighted by Crippen LogP contribution is 2.13. The lowest BCUT2D eigenvalue weighted by Gasteiger charge is -2.11. The molecule has 0 saturated heterocycles. The highest BCUT2D eigenvalue weighted by atomic mass is 32.2. The topological polar surface area (TPSA) is 20.2 Å². The van der Waals surface area contributed by atoms with Gasteiger partial charge in [0.15, 0.2) is 0 Å². The minimum Gasteiger partial charge on any atom is -0.392 e. The van der Waals surface area contributed by atoms with Gasteiger partial charge in [0, 0.05) is 11.0 Å². The summed E-state index contributed by atoms with van der Waals surface area (Å²) in [6.45, 7) is 7.41. The zero-order chi connectivity index (χ0) is 7.28. The Kier molecular flexibility index (Phi) is 4.91. The SMILES string of the molecule is C=CCSC(C)C(C)O. The minimum atomic E-state index is -0.213. The van der Waals surface area contributed by atoms with Gasteiger partial charge in [-0.25, -0.2) is 0 Å². The standard InChI is InChI=1S/C7H14OS/c1-4-5-9-7(3)6(2)8/h4,6-8H,1,5H2,2-3H3. The van der Waals surface area contributed by atoms with E-state index >= 15 is 0 Å². The highest BCUT2D eigenvalue weighted by molar-refractivity contribution is 8.00. The average molecular weight is 146 g/mol. The summed E-state index contributed by atoms with van der Waals surface area (Å²) in [5.41, 5.74) is 0. The zero-order valence-corrected chi connectivity index (χ0v) is 6.82. The van der Waals surface area contributed by atoms with Crippen molar-refractivity contribution in [2.24, 2.45) is 0 Å². The molecule has 1 N–H and O–H groups in total. The fraction of sp³-hybridized carbons (Fsp3) is 0.714. The average Bonchev–Trinajstić information content (AvgIpc) is 1.82. The van der Waals surface area contributed by atoms with Gasteiger partial charge < -0.3 is 5.11 Å². The Labute approximate surface area is 61.2 Å². The van der Waals surface area contributed by atoms with Crippen molar-refractivity contribution in [3.8, 4) is 0 Å². The smallest absolute Gasteiger partial charge is 0.0628 e. The van der Waals surface area contributed by atoms with E-state index < -0.39 is 0 Å². The molecule has 1 nitrogen and oxygen atoms in total. The molecule has 0 radical (unpaired) electrons. The third kappa shape index (κ3) is 4.55. The van der Waals surface area contributed by atoms with Crippen LogP contribution in [0.2, 0.25) is 0 Å². The van der Waals surface area contributed by atoms with Crippen LogP contribution in [0, 0.1) is 0 Å². The van der Waals surface area contributed by atoms with Crippen molar-refractivity contribution in [1.29, 1.82) is 0 Å². The Morgan fingerprint density at radius 1 is 1.67 bits per heavy atom. The second kappa shape index (κ2) is 4.89. The van der Waals surface area contributed by atoms with E-state index in [4.69, 9.17) is 5.11 Å². The lowest BCUT2D eigenvalue weighted by Crippen LogP contribution is -2.15. The normalized spacial score (nSPS) is 16.8. The van der Waals surface area contributed by atoms with Gasteiger partial charge in [-0.05, 0) is 6.92 Å². The fourth-order valence-electron chi connectivity index (χ4n) is 0.359. The Hall–Kier alpha value is 0.0500. The van der Waals surface area contributed by atoms with Crippen molar-refractivity contribution in [3.63, 3.8) is 0 Å². The number of hydrogen-bond donors (Lipinski definition) is 1. The Morgan fingerprint density at radius 3 is 2.56 bits per heavy atom. The first-order valence-electron chi connectivity index (χ1n) is 3.09. The van der Waals surface area contributed by atoms with Crippen molar-refractivity contribution in [2.45, 2.75) is 25.2 Å². The summed E-state index contributed by atoms with van der Waals surface area (Å²) in [5.74, 6) is 0.923. The zero-order valence-electron chi connectivity index (χ0n) is 6.00. The molecule has 0 rings (SSSR count). The molecular formula is C7H14OS. The lowest BCUT2D eigenvalue weighted by atomic mass is 10.3. The molecule has 0 heterocycles. The first-order valence-corrected chi connectivity index (χ1v) is 4.14. The second-order valence-electron chi connectivity index (χ2n) is 2.07. The van der Waals surface area contributed by atoms with Crippen LogP contribution in [0.4, 0.5) is 0 Å². The van der Waals surface area contributed by atoms with E-state index in [1.807, 2.05) is 13.0 Å². The molecule has 2 unspecified atom stereocenters. The summed E-state index contributed by atoms with van der Waals surface area (Å²) in [6.07, 6.45) is 1.64. The first kappa shape index (κ1) is 9.05. The van der Waals surface area contributed by atoms with Crippen LogP contribution >= 0.6 is 11.8 Å². The number of rotatable bonds is 4. The van der Waals surface area contributed by atoms with E-state index in [9.17, 15) is 0 Å². The van der Waals surface area contributed by atoms with E-state index in [0.29, 0.717) is 5.25 Å². The van der Waals surface area contributed by atoms with Gasteiger partial charge in [0.05, 0.1) is 6.10 Å². The summed E-state index contributed by atoms with van der Waals surface area (Å²) in [7, 11) is 0. The molecule has 0 aliphatic carbocycles. The van der Waals surface area contributed by atoms with Crippen molar-refractivity contribution in [2.75, 3.05) is 5.75 Å². The van der Waals surface area contributed by atoms with Crippen molar-refractivity contribution in [3.05, 3.63) is 12.7 Å². The molecule has 0 fully saturated rings. The third-order valence-electron chi connectivity index (χ3n) is 1.16. The van der Waals surface area contributed by atoms with Gasteiger partial charge in [-0.15, -0.1) is 6.58 Å². The van der Waals surface area contributed by atoms with Crippen LogP contribution in [-0.4, -0.2) is 22.2 Å². The summed E-state index contributed by atoms with van der Waals surface area (Å²) in [6, 6.07) is 0. The quantitative estimate of drug-likeness (QED) is 0.609. The van der Waals surface area contributed by atoms with Gasteiger partial charge >= 0.3 is 0 Å². The van der Waals surface area contributed by atoms with E-state index in [-0.39, 0.29) is 6.10 Å². The highest BCUT2D eigenvalue weighted by Gasteiger charge is 2.06. The number of hydrogen-bond acceptors (Lipinski definition) is 2. The van der Waals surface area contributed by atoms with Crippen LogP contribution in [0.1, 0.15) is 13.8 Å². The van der Waals surface area contributed by atoms with Crippen molar-refractivity contribution >= 4 is 11.8 Å². The second-order valence-corrected chi connectivity index (χ2v) is 3.48. The summed E-state index contributed by atoms with van der Waals surface area (Å²) >= 11 is 1.72. The largest absolute Gasteiger partial charge is 0.392 e. The maximum Gasteiger partial charge on any atom is 0.0628 e. The van der Waals surface area contributed by atoms with E-state index in [2.05, 4.69) is 6.58 Å². The summed E-state index contributed by atoms with van der Waals surface area (Å²) in [5, 5.41) is 9.31. The molecule has 2 atom stereocenters. The van der Waals surface area contributed by atoms with E-state index in [0.717, 1.165) is 5.75 Å². The monoisotopic (exact) mass is 146 g/mol. The van der Waals surface area contributed by atoms with Crippen molar-refractivity contribution in [1.82, 2.24) is 0 Å². The molecule has 0 bridgehead atoms. The van der Waals surface area contributed by atoms with Gasteiger partial charge in [-0.3, -0.25) is 0 Å². The van der Waals surface area contributed by atoms with Crippen LogP contribution in [0.5, 0.6) is 0 Å². The lowest BCUT2D eigenvalue weighted by molar-refractivity contribution is 0.196. The van der Waals surface area contributed by atoms with E-state index in [1.165, 1.54) is 0 Å².